The van der Waals surface area contributed by atoms with Crippen molar-refractivity contribution in [3.63, 3.8) is 0 Å². The van der Waals surface area contributed by atoms with Crippen molar-refractivity contribution in [1.82, 2.24) is 15.1 Å². The number of methoxy groups -OCH3 is 1. The van der Waals surface area contributed by atoms with E-state index >= 15 is 0 Å². The molecule has 1 rings (SSSR count). The Hall–Kier alpha value is -0.910. The quantitative estimate of drug-likeness (QED) is 0.599. The Bertz CT molecular complexity index is 302. The lowest BCUT2D eigenvalue weighted by Gasteiger charge is -2.05. The number of hydrogen-bond donors (Lipinski definition) is 1. The van der Waals surface area contributed by atoms with Crippen LogP contribution in [-0.4, -0.2) is 49.8 Å². The minimum Gasteiger partial charge on any atom is -0.382 e. The molecule has 1 heterocycles. The van der Waals surface area contributed by atoms with Gasteiger partial charge in [0.2, 0.25) is 0 Å². The lowest BCUT2D eigenvalue weighted by Crippen LogP contribution is -2.18. The molecule has 0 fully saturated rings. The van der Waals surface area contributed by atoms with Gasteiger partial charge in [0, 0.05) is 27.0 Å². The molecule has 5 nitrogen and oxygen atoms in total. The van der Waals surface area contributed by atoms with E-state index in [2.05, 4.69) is 16.6 Å². The molecule has 18 heavy (non-hydrogen) atoms. The molecule has 0 spiro atoms. The zero-order chi connectivity index (χ0) is 13.1. The van der Waals surface area contributed by atoms with Crippen LogP contribution in [0.5, 0.6) is 0 Å². The minimum atomic E-state index is 0.684. The van der Waals surface area contributed by atoms with Crippen LogP contribution in [0, 0.1) is 0 Å². The van der Waals surface area contributed by atoms with Gasteiger partial charge in [-0.05, 0) is 37.9 Å². The van der Waals surface area contributed by atoms with E-state index in [-0.39, 0.29) is 0 Å². The van der Waals surface area contributed by atoms with Crippen molar-refractivity contribution in [2.24, 2.45) is 7.05 Å². The van der Waals surface area contributed by atoms with E-state index in [0.717, 1.165) is 39.0 Å². The summed E-state index contributed by atoms with van der Waals surface area (Å²) < 4.78 is 12.1. The molecule has 0 unspecified atom stereocenters. The normalized spacial score (nSPS) is 11.0. The van der Waals surface area contributed by atoms with Gasteiger partial charge in [0.1, 0.15) is 0 Å². The summed E-state index contributed by atoms with van der Waals surface area (Å²) >= 11 is 0. The smallest absolute Gasteiger partial charge is 0.0700 e. The van der Waals surface area contributed by atoms with Gasteiger partial charge in [-0.25, -0.2) is 0 Å². The maximum absolute atomic E-state index is 5.39. The van der Waals surface area contributed by atoms with Crippen LogP contribution >= 0.6 is 0 Å². The molecule has 0 aromatic carbocycles. The third-order valence-corrected chi connectivity index (χ3v) is 2.67. The van der Waals surface area contributed by atoms with Gasteiger partial charge in [0.25, 0.3) is 0 Å². The number of hydrogen-bond acceptors (Lipinski definition) is 4. The van der Waals surface area contributed by atoms with Gasteiger partial charge in [-0.1, -0.05) is 0 Å². The van der Waals surface area contributed by atoms with Crippen LogP contribution in [0.3, 0.4) is 0 Å². The molecule has 0 amide bonds. The van der Waals surface area contributed by atoms with E-state index < -0.39 is 0 Å². The molecule has 0 bridgehead atoms. The minimum absolute atomic E-state index is 0.684. The standard InChI is InChI=1S/C13H25N3O2/c1-16-12-13(11-15-16)5-7-14-6-3-4-8-18-10-9-17-2/h11-12,14H,3-10H2,1-2H3. The maximum Gasteiger partial charge on any atom is 0.0700 e. The average molecular weight is 255 g/mol. The highest BCUT2D eigenvalue weighted by atomic mass is 16.5. The predicted octanol–water partition coefficient (Wildman–Crippen LogP) is 0.995. The van der Waals surface area contributed by atoms with Crippen LogP contribution in [0.2, 0.25) is 0 Å². The molecule has 104 valence electrons. The number of aromatic nitrogens is 2. The fourth-order valence-corrected chi connectivity index (χ4v) is 1.66. The summed E-state index contributed by atoms with van der Waals surface area (Å²) in [4.78, 5) is 0. The zero-order valence-corrected chi connectivity index (χ0v) is 11.5. The summed E-state index contributed by atoms with van der Waals surface area (Å²) in [7, 11) is 3.63. The topological polar surface area (TPSA) is 48.3 Å². The van der Waals surface area contributed by atoms with E-state index in [1.54, 1.807) is 7.11 Å². The van der Waals surface area contributed by atoms with E-state index in [9.17, 15) is 0 Å². The monoisotopic (exact) mass is 255 g/mol. The van der Waals surface area contributed by atoms with Crippen molar-refractivity contribution in [1.29, 1.82) is 0 Å². The average Bonchev–Trinajstić information content (AvgIpc) is 2.77. The van der Waals surface area contributed by atoms with Gasteiger partial charge >= 0.3 is 0 Å². The molecule has 0 saturated heterocycles. The van der Waals surface area contributed by atoms with Gasteiger partial charge in [0.05, 0.1) is 19.4 Å². The number of nitrogens with one attached hydrogen (secondary N) is 1. The first-order valence-corrected chi connectivity index (χ1v) is 6.58. The van der Waals surface area contributed by atoms with Crippen molar-refractivity contribution < 1.29 is 9.47 Å². The Morgan fingerprint density at radius 3 is 2.83 bits per heavy atom. The molecule has 0 aliphatic heterocycles. The van der Waals surface area contributed by atoms with E-state index in [4.69, 9.17) is 9.47 Å². The predicted molar refractivity (Wildman–Crippen MR) is 71.7 cm³/mol. The zero-order valence-electron chi connectivity index (χ0n) is 11.5. The molecule has 1 N–H and O–H groups in total. The van der Waals surface area contributed by atoms with Crippen molar-refractivity contribution in [2.45, 2.75) is 19.3 Å². The van der Waals surface area contributed by atoms with Crippen LogP contribution in [0.4, 0.5) is 0 Å². The molecular formula is C13H25N3O2. The molecular weight excluding hydrogens is 230 g/mol. The fourth-order valence-electron chi connectivity index (χ4n) is 1.66. The van der Waals surface area contributed by atoms with Crippen molar-refractivity contribution in [2.75, 3.05) is 40.0 Å². The summed E-state index contributed by atoms with van der Waals surface area (Å²) in [5.41, 5.74) is 1.29. The van der Waals surface area contributed by atoms with Crippen LogP contribution in [0.25, 0.3) is 0 Å². The molecule has 0 atom stereocenters. The van der Waals surface area contributed by atoms with Crippen LogP contribution in [0.1, 0.15) is 18.4 Å². The lowest BCUT2D eigenvalue weighted by molar-refractivity contribution is 0.0688. The highest BCUT2D eigenvalue weighted by Crippen LogP contribution is 1.96. The molecule has 0 aliphatic rings. The van der Waals surface area contributed by atoms with Gasteiger partial charge < -0.3 is 14.8 Å². The number of ether oxygens (including phenoxy) is 2. The second-order valence-electron chi connectivity index (χ2n) is 4.33. The Balaban J connectivity index is 1.81. The first-order chi connectivity index (χ1) is 8.83. The second-order valence-corrected chi connectivity index (χ2v) is 4.33. The maximum atomic E-state index is 5.39. The number of aryl methyl sites for hydroxylation is 1. The third kappa shape index (κ3) is 7.42. The van der Waals surface area contributed by atoms with E-state index in [1.807, 2.05) is 17.9 Å². The SMILES string of the molecule is COCCOCCCCNCCc1cnn(C)c1. The number of unbranched alkanes of at least 4 members (excludes halogenated alkanes) is 1. The molecule has 0 aliphatic carbocycles. The second kappa shape index (κ2) is 10.1. The summed E-state index contributed by atoms with van der Waals surface area (Å²) in [6.07, 6.45) is 7.28. The van der Waals surface area contributed by atoms with Crippen LogP contribution in [0.15, 0.2) is 12.4 Å². The largest absolute Gasteiger partial charge is 0.382 e. The number of rotatable bonds is 11. The van der Waals surface area contributed by atoms with Gasteiger partial charge in [-0.2, -0.15) is 5.10 Å². The molecule has 0 radical (unpaired) electrons. The van der Waals surface area contributed by atoms with Gasteiger partial charge in [-0.15, -0.1) is 0 Å². The third-order valence-electron chi connectivity index (χ3n) is 2.67. The van der Waals surface area contributed by atoms with Gasteiger partial charge in [0.15, 0.2) is 0 Å². The molecule has 0 saturated carbocycles. The summed E-state index contributed by atoms with van der Waals surface area (Å²) in [6, 6.07) is 0. The van der Waals surface area contributed by atoms with Crippen molar-refractivity contribution in [3.8, 4) is 0 Å². The Morgan fingerprint density at radius 1 is 1.22 bits per heavy atom. The highest BCUT2D eigenvalue weighted by molar-refractivity contribution is 5.03. The van der Waals surface area contributed by atoms with Crippen LogP contribution < -0.4 is 5.32 Å². The highest BCUT2D eigenvalue weighted by Gasteiger charge is 1.95. The summed E-state index contributed by atoms with van der Waals surface area (Å²) in [5, 5.41) is 7.57. The number of nitrogens with zero attached hydrogens (tertiary/aromatic N) is 2. The molecule has 1 aromatic rings. The first-order valence-electron chi connectivity index (χ1n) is 6.58. The van der Waals surface area contributed by atoms with Gasteiger partial charge in [-0.3, -0.25) is 4.68 Å². The summed E-state index contributed by atoms with van der Waals surface area (Å²) in [5.74, 6) is 0. The Labute approximate surface area is 109 Å². The first kappa shape index (κ1) is 15.1. The fraction of sp³-hybridized carbons (Fsp3) is 0.769. The van der Waals surface area contributed by atoms with Crippen molar-refractivity contribution in [3.05, 3.63) is 18.0 Å². The molecule has 1 aromatic heterocycles. The van der Waals surface area contributed by atoms with Crippen LogP contribution in [-0.2, 0) is 22.9 Å². The summed E-state index contributed by atoms with van der Waals surface area (Å²) in [6.45, 7) is 4.27. The van der Waals surface area contributed by atoms with E-state index in [1.165, 1.54) is 5.56 Å². The molecule has 5 heteroatoms. The van der Waals surface area contributed by atoms with E-state index in [0.29, 0.717) is 13.2 Å². The lowest BCUT2D eigenvalue weighted by atomic mass is 10.2. The Kier molecular flexibility index (Phi) is 8.46. The Morgan fingerprint density at radius 2 is 2.11 bits per heavy atom. The van der Waals surface area contributed by atoms with Crippen molar-refractivity contribution >= 4 is 0 Å².